The van der Waals surface area contributed by atoms with Gasteiger partial charge in [0.2, 0.25) is 0 Å². The van der Waals surface area contributed by atoms with Gasteiger partial charge < -0.3 is 0 Å². The molecule has 0 aromatic heterocycles. The van der Waals surface area contributed by atoms with Crippen molar-refractivity contribution in [2.24, 2.45) is 0 Å². The van der Waals surface area contributed by atoms with E-state index in [4.69, 9.17) is 0 Å². The van der Waals surface area contributed by atoms with Crippen molar-refractivity contribution < 1.29 is 0 Å². The van der Waals surface area contributed by atoms with Crippen molar-refractivity contribution in [1.29, 1.82) is 0 Å². The Morgan fingerprint density at radius 3 is 1.93 bits per heavy atom. The quantitative estimate of drug-likeness (QED) is 0.129. The Hall–Kier alpha value is -4.20. The molecule has 42 heavy (non-hydrogen) atoms. The lowest BCUT2D eigenvalue weighted by Gasteiger charge is -2.34. The van der Waals surface area contributed by atoms with E-state index in [1.165, 1.54) is 66.8 Å². The van der Waals surface area contributed by atoms with Crippen LogP contribution in [0.1, 0.15) is 69.8 Å². The van der Waals surface area contributed by atoms with Crippen LogP contribution in [0, 0.1) is 13.8 Å². The van der Waals surface area contributed by atoms with Crippen LogP contribution in [0.3, 0.4) is 0 Å². The number of benzene rings is 5. The molecule has 0 saturated heterocycles. The van der Waals surface area contributed by atoms with Crippen LogP contribution in [-0.4, -0.2) is 10.2 Å². The SMILES string of the molecule is C=C(CC/C(=C\C)C([Si+])c1ccccc1C)c1cc2c(cc1C)-c1ccccc1C2(c1ccccc1)c1ccccc1. The summed E-state index contributed by atoms with van der Waals surface area (Å²) in [5.74, 6) is 0. The molecule has 5 aromatic rings. The fourth-order valence-electron chi connectivity index (χ4n) is 6.97. The highest BCUT2D eigenvalue weighted by Gasteiger charge is 2.46. The average molecular weight is 558 g/mol. The number of fused-ring (bicyclic) bond motifs is 3. The Labute approximate surface area is 254 Å². The minimum Gasteiger partial charge on any atom is -0.0952 e. The monoisotopic (exact) mass is 557 g/mol. The summed E-state index contributed by atoms with van der Waals surface area (Å²) in [6.45, 7) is 11.2. The van der Waals surface area contributed by atoms with Crippen molar-refractivity contribution in [3.63, 3.8) is 0 Å². The van der Waals surface area contributed by atoms with Crippen LogP contribution in [0.25, 0.3) is 16.7 Å². The predicted molar refractivity (Wildman–Crippen MR) is 180 cm³/mol. The van der Waals surface area contributed by atoms with Gasteiger partial charge in [0.25, 0.3) is 0 Å². The van der Waals surface area contributed by atoms with Gasteiger partial charge >= 0.3 is 10.2 Å². The summed E-state index contributed by atoms with van der Waals surface area (Å²) < 4.78 is 0. The smallest absolute Gasteiger partial charge is 0.0952 e. The molecular formula is C41H37Si+. The third kappa shape index (κ3) is 4.63. The molecule has 6 rings (SSSR count). The van der Waals surface area contributed by atoms with Gasteiger partial charge in [-0.25, -0.2) is 0 Å². The first-order chi connectivity index (χ1) is 20.5. The molecule has 204 valence electrons. The van der Waals surface area contributed by atoms with E-state index >= 15 is 0 Å². The summed E-state index contributed by atoms with van der Waals surface area (Å²) in [5.41, 5.74) is 15.5. The van der Waals surface area contributed by atoms with Gasteiger partial charge in [-0.3, -0.25) is 0 Å². The molecule has 1 unspecified atom stereocenters. The zero-order chi connectivity index (χ0) is 29.3. The zero-order valence-corrected chi connectivity index (χ0v) is 25.8. The van der Waals surface area contributed by atoms with E-state index in [1.807, 2.05) is 0 Å². The Morgan fingerprint density at radius 2 is 1.29 bits per heavy atom. The normalized spacial score (nSPS) is 14.2. The maximum atomic E-state index is 4.67. The first-order valence-electron chi connectivity index (χ1n) is 14.9. The Kier molecular flexibility index (Phi) is 7.71. The fraction of sp³-hybridized carbons (Fsp3) is 0.171. The summed E-state index contributed by atoms with van der Waals surface area (Å²) in [7, 11) is 4.07. The lowest BCUT2D eigenvalue weighted by atomic mass is 9.67. The van der Waals surface area contributed by atoms with Gasteiger partial charge in [-0.2, -0.15) is 0 Å². The van der Waals surface area contributed by atoms with Crippen LogP contribution in [0.2, 0.25) is 0 Å². The summed E-state index contributed by atoms with van der Waals surface area (Å²) >= 11 is 0. The maximum absolute atomic E-state index is 4.67. The van der Waals surface area contributed by atoms with Crippen LogP contribution in [0.5, 0.6) is 0 Å². The van der Waals surface area contributed by atoms with Crippen molar-refractivity contribution in [3.05, 3.63) is 184 Å². The second kappa shape index (κ2) is 11.6. The third-order valence-electron chi connectivity index (χ3n) is 9.14. The molecule has 0 bridgehead atoms. The molecule has 0 heterocycles. The lowest BCUT2D eigenvalue weighted by Crippen LogP contribution is -2.28. The molecule has 1 aliphatic rings. The van der Waals surface area contributed by atoms with Crippen molar-refractivity contribution in [3.8, 4) is 11.1 Å². The fourth-order valence-corrected chi connectivity index (χ4v) is 7.61. The zero-order valence-electron chi connectivity index (χ0n) is 24.8. The van der Waals surface area contributed by atoms with Gasteiger partial charge in [0, 0.05) is 0 Å². The maximum Gasteiger partial charge on any atom is 0.719 e. The number of rotatable bonds is 8. The van der Waals surface area contributed by atoms with Gasteiger partial charge in [0.1, 0.15) is 0 Å². The second-order valence-corrected chi connectivity index (χ2v) is 12.1. The standard InChI is InChI=1S/C41H37Si/c1-5-31(40(42)34-21-13-12-16-28(34)2)25-24-29(3)36-27-39-37(26-30(36)4)35-22-14-15-23-38(35)41(39,32-17-8-6-9-18-32)33-19-10-7-11-20-33/h5-23,26-27,40H,3,24-25H2,1-2,4H3/q+1/b31-5+. The molecule has 0 amide bonds. The molecule has 5 aromatic carbocycles. The minimum absolute atomic E-state index is 0.198. The van der Waals surface area contributed by atoms with Gasteiger partial charge in [-0.1, -0.05) is 128 Å². The number of hydrogen-bond donors (Lipinski definition) is 0. The molecule has 2 radical (unpaired) electrons. The van der Waals surface area contributed by atoms with Gasteiger partial charge in [0.05, 0.1) is 5.41 Å². The van der Waals surface area contributed by atoms with Gasteiger partial charge in [-0.05, 0) is 106 Å². The van der Waals surface area contributed by atoms with Crippen molar-refractivity contribution in [1.82, 2.24) is 0 Å². The molecule has 0 fully saturated rings. The minimum atomic E-state index is -0.392. The topological polar surface area (TPSA) is 0 Å². The summed E-state index contributed by atoms with van der Waals surface area (Å²) in [5, 5.41) is 0. The van der Waals surface area contributed by atoms with Crippen LogP contribution < -0.4 is 0 Å². The van der Waals surface area contributed by atoms with E-state index in [2.05, 4.69) is 165 Å². The summed E-state index contributed by atoms with van der Waals surface area (Å²) in [6, 6.07) is 44.5. The second-order valence-electron chi connectivity index (χ2n) is 11.5. The van der Waals surface area contributed by atoms with Gasteiger partial charge in [-0.15, -0.1) is 0 Å². The number of aryl methyl sites for hydroxylation is 2. The first-order valence-corrected chi connectivity index (χ1v) is 15.5. The van der Waals surface area contributed by atoms with E-state index in [0.29, 0.717) is 0 Å². The highest BCUT2D eigenvalue weighted by Crippen LogP contribution is 2.56. The van der Waals surface area contributed by atoms with E-state index in [-0.39, 0.29) is 5.54 Å². The number of hydrogen-bond acceptors (Lipinski definition) is 0. The largest absolute Gasteiger partial charge is 0.719 e. The van der Waals surface area contributed by atoms with E-state index < -0.39 is 5.41 Å². The Morgan fingerprint density at radius 1 is 0.690 bits per heavy atom. The predicted octanol–water partition coefficient (Wildman–Crippen LogP) is 10.3. The molecule has 0 saturated carbocycles. The molecule has 0 nitrogen and oxygen atoms in total. The van der Waals surface area contributed by atoms with Crippen molar-refractivity contribution >= 4 is 15.8 Å². The Bertz CT molecular complexity index is 1740. The molecule has 0 N–H and O–H groups in total. The number of allylic oxidation sites excluding steroid dienone is 3. The van der Waals surface area contributed by atoms with Crippen molar-refractivity contribution in [2.75, 3.05) is 0 Å². The molecule has 0 aliphatic heterocycles. The molecule has 0 spiro atoms. The van der Waals surface area contributed by atoms with E-state index in [0.717, 1.165) is 12.8 Å². The van der Waals surface area contributed by atoms with Gasteiger partial charge in [0.15, 0.2) is 5.54 Å². The lowest BCUT2D eigenvalue weighted by molar-refractivity contribution is 0.767. The Balaban J connectivity index is 1.44. The molecule has 1 aliphatic carbocycles. The summed E-state index contributed by atoms with van der Waals surface area (Å²) in [4.78, 5) is 0. The summed E-state index contributed by atoms with van der Waals surface area (Å²) in [6.07, 6.45) is 4.12. The average Bonchev–Trinajstić information content (AvgIpc) is 3.31. The highest BCUT2D eigenvalue weighted by atomic mass is 28.1. The molecule has 1 atom stereocenters. The molecule has 1 heteroatoms. The highest BCUT2D eigenvalue weighted by molar-refractivity contribution is 6.14. The van der Waals surface area contributed by atoms with Crippen LogP contribution in [0.4, 0.5) is 0 Å². The third-order valence-corrected chi connectivity index (χ3v) is 9.82. The van der Waals surface area contributed by atoms with Crippen molar-refractivity contribution in [2.45, 2.75) is 44.6 Å². The van der Waals surface area contributed by atoms with E-state index in [9.17, 15) is 0 Å². The van der Waals surface area contributed by atoms with Crippen LogP contribution in [0.15, 0.2) is 140 Å². The molecular weight excluding hydrogens is 521 g/mol. The van der Waals surface area contributed by atoms with Crippen LogP contribution in [-0.2, 0) is 5.41 Å². The van der Waals surface area contributed by atoms with Crippen LogP contribution >= 0.6 is 0 Å². The first kappa shape index (κ1) is 27.9. The van der Waals surface area contributed by atoms with E-state index in [1.54, 1.807) is 0 Å².